The third kappa shape index (κ3) is 5.61. The summed E-state index contributed by atoms with van der Waals surface area (Å²) in [5, 5.41) is 2.80. The van der Waals surface area contributed by atoms with Crippen molar-refractivity contribution in [2.45, 2.75) is 45.6 Å². The number of nitroso groups, excluding NO2 is 1. The number of nitrogens with zero attached hydrogens (tertiary/aromatic N) is 1. The second-order valence-corrected chi connectivity index (χ2v) is 7.72. The number of ether oxygens (including phenoxy) is 1. The molecular formula is C12H21NO3S2. The summed E-state index contributed by atoms with van der Waals surface area (Å²) in [5.41, 5.74) is -0.463. The van der Waals surface area contributed by atoms with E-state index in [0.29, 0.717) is 18.1 Å². The van der Waals surface area contributed by atoms with E-state index in [4.69, 9.17) is 4.74 Å². The molecular weight excluding hydrogens is 270 g/mol. The third-order valence-electron chi connectivity index (χ3n) is 2.90. The van der Waals surface area contributed by atoms with E-state index in [1.54, 1.807) is 21.6 Å². The molecule has 104 valence electrons. The van der Waals surface area contributed by atoms with Crippen LogP contribution in [0.3, 0.4) is 0 Å². The fourth-order valence-electron chi connectivity index (χ4n) is 1.70. The van der Waals surface area contributed by atoms with Gasteiger partial charge in [0.05, 0.1) is 12.0 Å². The molecule has 0 spiro atoms. The standard InChI is InChI=1S/C12H21NO3S2/c1-12(2,9-18-17-8-7-13-15)11(14)16-10-5-3-4-6-10/h10H,3-9H2,1-2H3. The van der Waals surface area contributed by atoms with E-state index >= 15 is 0 Å². The van der Waals surface area contributed by atoms with Crippen LogP contribution in [0.25, 0.3) is 0 Å². The number of esters is 1. The Kier molecular flexibility index (Phi) is 7.07. The van der Waals surface area contributed by atoms with E-state index < -0.39 is 5.41 Å². The minimum absolute atomic E-state index is 0.101. The van der Waals surface area contributed by atoms with Crippen LogP contribution in [0.4, 0.5) is 0 Å². The summed E-state index contributed by atoms with van der Waals surface area (Å²) in [6.07, 6.45) is 4.49. The van der Waals surface area contributed by atoms with Crippen molar-refractivity contribution < 1.29 is 9.53 Å². The smallest absolute Gasteiger partial charge is 0.312 e. The van der Waals surface area contributed by atoms with Gasteiger partial charge in [-0.1, -0.05) is 26.8 Å². The number of hydrogen-bond acceptors (Lipinski definition) is 6. The predicted octanol–water partition coefficient (Wildman–Crippen LogP) is 3.65. The van der Waals surface area contributed by atoms with Gasteiger partial charge in [-0.3, -0.25) is 4.79 Å². The van der Waals surface area contributed by atoms with Crippen molar-refractivity contribution in [3.05, 3.63) is 4.91 Å². The zero-order chi connectivity index (χ0) is 13.4. The van der Waals surface area contributed by atoms with Gasteiger partial charge in [-0.2, -0.15) is 4.91 Å². The second kappa shape index (κ2) is 8.04. The SMILES string of the molecule is CC(C)(CSSCCN=O)C(=O)OC1CCCC1. The van der Waals surface area contributed by atoms with Gasteiger partial charge in [-0.25, -0.2) is 0 Å². The maximum atomic E-state index is 12.0. The number of hydrogen-bond donors (Lipinski definition) is 0. The van der Waals surface area contributed by atoms with Gasteiger partial charge in [0.2, 0.25) is 0 Å². The molecule has 0 unspecified atom stereocenters. The van der Waals surface area contributed by atoms with Crippen LogP contribution in [0, 0.1) is 10.3 Å². The summed E-state index contributed by atoms with van der Waals surface area (Å²) in [4.78, 5) is 21.9. The maximum Gasteiger partial charge on any atom is 0.312 e. The third-order valence-corrected chi connectivity index (χ3v) is 5.61. The minimum atomic E-state index is -0.463. The molecule has 1 fully saturated rings. The fourth-order valence-corrected chi connectivity index (χ4v) is 4.17. The van der Waals surface area contributed by atoms with Crippen LogP contribution in [0.15, 0.2) is 5.18 Å². The Morgan fingerprint density at radius 3 is 2.61 bits per heavy atom. The minimum Gasteiger partial charge on any atom is -0.462 e. The largest absolute Gasteiger partial charge is 0.462 e. The molecule has 0 heterocycles. The summed E-state index contributed by atoms with van der Waals surface area (Å²) in [6.45, 7) is 4.15. The molecule has 0 aromatic heterocycles. The molecule has 1 rings (SSSR count). The number of rotatable bonds is 8. The van der Waals surface area contributed by atoms with Crippen molar-refractivity contribution in [2.75, 3.05) is 18.1 Å². The highest BCUT2D eigenvalue weighted by Crippen LogP contribution is 2.32. The molecule has 0 amide bonds. The first kappa shape index (κ1) is 15.8. The molecule has 0 radical (unpaired) electrons. The zero-order valence-electron chi connectivity index (χ0n) is 11.0. The van der Waals surface area contributed by atoms with Crippen LogP contribution in [0.1, 0.15) is 39.5 Å². The van der Waals surface area contributed by atoms with Crippen LogP contribution in [0.2, 0.25) is 0 Å². The van der Waals surface area contributed by atoms with Gasteiger partial charge in [0.1, 0.15) is 6.10 Å². The molecule has 0 aliphatic heterocycles. The Balaban J connectivity index is 2.23. The molecule has 1 aliphatic carbocycles. The lowest BCUT2D eigenvalue weighted by molar-refractivity contribution is -0.157. The van der Waals surface area contributed by atoms with E-state index in [1.165, 1.54) is 12.8 Å². The van der Waals surface area contributed by atoms with E-state index in [0.717, 1.165) is 12.8 Å². The van der Waals surface area contributed by atoms with Crippen molar-refractivity contribution in [3.63, 3.8) is 0 Å². The lowest BCUT2D eigenvalue weighted by atomic mass is 9.97. The molecule has 18 heavy (non-hydrogen) atoms. The first-order valence-corrected chi connectivity index (χ1v) is 8.79. The summed E-state index contributed by atoms with van der Waals surface area (Å²) in [6, 6.07) is 0. The average molecular weight is 291 g/mol. The van der Waals surface area contributed by atoms with Gasteiger partial charge in [-0.15, -0.1) is 0 Å². The van der Waals surface area contributed by atoms with E-state index in [-0.39, 0.29) is 12.1 Å². The van der Waals surface area contributed by atoms with Gasteiger partial charge in [-0.05, 0) is 39.5 Å². The Hall–Kier alpha value is -0.230. The van der Waals surface area contributed by atoms with Crippen molar-refractivity contribution >= 4 is 27.6 Å². The molecule has 0 aromatic rings. The topological polar surface area (TPSA) is 55.7 Å². The Morgan fingerprint density at radius 1 is 1.33 bits per heavy atom. The highest BCUT2D eigenvalue weighted by atomic mass is 33.1. The molecule has 0 saturated heterocycles. The van der Waals surface area contributed by atoms with Crippen molar-refractivity contribution in [3.8, 4) is 0 Å². The van der Waals surface area contributed by atoms with Gasteiger partial charge < -0.3 is 4.74 Å². The van der Waals surface area contributed by atoms with Crippen LogP contribution in [-0.2, 0) is 9.53 Å². The molecule has 4 nitrogen and oxygen atoms in total. The Bertz CT molecular complexity index is 278. The Labute approximate surface area is 116 Å². The van der Waals surface area contributed by atoms with Gasteiger partial charge in [0, 0.05) is 11.5 Å². The predicted molar refractivity (Wildman–Crippen MR) is 77.7 cm³/mol. The quantitative estimate of drug-likeness (QED) is 0.296. The van der Waals surface area contributed by atoms with Crippen LogP contribution in [-0.4, -0.2) is 30.1 Å². The van der Waals surface area contributed by atoms with Crippen molar-refractivity contribution in [2.24, 2.45) is 10.6 Å². The van der Waals surface area contributed by atoms with Crippen molar-refractivity contribution in [1.82, 2.24) is 0 Å². The molecule has 0 bridgehead atoms. The molecule has 0 aromatic carbocycles. The lowest BCUT2D eigenvalue weighted by Gasteiger charge is -2.24. The highest BCUT2D eigenvalue weighted by molar-refractivity contribution is 8.76. The van der Waals surface area contributed by atoms with Crippen LogP contribution >= 0.6 is 21.6 Å². The van der Waals surface area contributed by atoms with Gasteiger partial charge in [0.25, 0.3) is 0 Å². The molecule has 0 atom stereocenters. The second-order valence-electron chi connectivity index (χ2n) is 5.13. The normalized spacial score (nSPS) is 16.8. The lowest BCUT2D eigenvalue weighted by Crippen LogP contribution is -2.31. The summed E-state index contributed by atoms with van der Waals surface area (Å²) in [5.74, 6) is 1.29. The number of carbonyl (C=O) groups excluding carboxylic acids is 1. The van der Waals surface area contributed by atoms with E-state index in [1.807, 2.05) is 13.8 Å². The Morgan fingerprint density at radius 2 is 2.00 bits per heavy atom. The highest BCUT2D eigenvalue weighted by Gasteiger charge is 2.32. The van der Waals surface area contributed by atoms with Gasteiger partial charge in [0.15, 0.2) is 0 Å². The average Bonchev–Trinajstić information content (AvgIpc) is 2.81. The fraction of sp³-hybridized carbons (Fsp3) is 0.917. The monoisotopic (exact) mass is 291 g/mol. The van der Waals surface area contributed by atoms with Gasteiger partial charge >= 0.3 is 5.97 Å². The molecule has 1 saturated carbocycles. The molecule has 0 N–H and O–H groups in total. The zero-order valence-corrected chi connectivity index (χ0v) is 12.6. The summed E-state index contributed by atoms with van der Waals surface area (Å²) in [7, 11) is 3.18. The van der Waals surface area contributed by atoms with E-state index in [2.05, 4.69) is 5.18 Å². The van der Waals surface area contributed by atoms with Crippen LogP contribution in [0.5, 0.6) is 0 Å². The van der Waals surface area contributed by atoms with Crippen LogP contribution < -0.4 is 0 Å². The maximum absolute atomic E-state index is 12.0. The molecule has 6 heteroatoms. The first-order valence-electron chi connectivity index (χ1n) is 6.31. The first-order chi connectivity index (χ1) is 8.56. The molecule has 1 aliphatic rings. The number of carbonyl (C=O) groups is 1. The summed E-state index contributed by atoms with van der Waals surface area (Å²) >= 11 is 0. The van der Waals surface area contributed by atoms with Crippen molar-refractivity contribution in [1.29, 1.82) is 0 Å². The van der Waals surface area contributed by atoms with E-state index in [9.17, 15) is 9.70 Å². The summed E-state index contributed by atoms with van der Waals surface area (Å²) < 4.78 is 5.52.